The molecule has 0 fully saturated rings. The highest BCUT2D eigenvalue weighted by Crippen LogP contribution is 2.37. The number of ether oxygens (including phenoxy) is 1. The first kappa shape index (κ1) is 18.2. The van der Waals surface area contributed by atoms with Crippen LogP contribution in [0.3, 0.4) is 0 Å². The van der Waals surface area contributed by atoms with Crippen molar-refractivity contribution in [1.29, 1.82) is 0 Å². The Morgan fingerprint density at radius 1 is 1.21 bits per heavy atom. The summed E-state index contributed by atoms with van der Waals surface area (Å²) in [4.78, 5) is 29.1. The van der Waals surface area contributed by atoms with E-state index >= 15 is 0 Å². The molecule has 0 saturated heterocycles. The SMILES string of the molecule is O=C(O)CC1Oc2ccc(F)cc2N(Cc2nc3cc(F)c(F)cc3s2)C1=O. The third-order valence-corrected chi connectivity index (χ3v) is 5.15. The lowest BCUT2D eigenvalue weighted by atomic mass is 10.1. The van der Waals surface area contributed by atoms with Crippen molar-refractivity contribution in [2.45, 2.75) is 19.1 Å². The smallest absolute Gasteiger partial charge is 0.307 e. The highest BCUT2D eigenvalue weighted by molar-refractivity contribution is 7.18. The number of benzene rings is 2. The van der Waals surface area contributed by atoms with Crippen LogP contribution in [0.25, 0.3) is 10.2 Å². The molecule has 6 nitrogen and oxygen atoms in total. The zero-order valence-corrected chi connectivity index (χ0v) is 14.8. The quantitative estimate of drug-likeness (QED) is 0.715. The van der Waals surface area contributed by atoms with Crippen LogP contribution in [0, 0.1) is 17.5 Å². The van der Waals surface area contributed by atoms with E-state index in [1.807, 2.05) is 0 Å². The molecule has 1 aliphatic rings. The van der Waals surface area contributed by atoms with Crippen LogP contribution >= 0.6 is 11.3 Å². The zero-order valence-electron chi connectivity index (χ0n) is 14.0. The van der Waals surface area contributed by atoms with Crippen LogP contribution in [-0.4, -0.2) is 28.1 Å². The molecule has 2 aromatic carbocycles. The van der Waals surface area contributed by atoms with Crippen LogP contribution in [0.1, 0.15) is 11.4 Å². The van der Waals surface area contributed by atoms with Gasteiger partial charge in [-0.25, -0.2) is 18.2 Å². The Morgan fingerprint density at radius 3 is 2.71 bits per heavy atom. The number of anilines is 1. The van der Waals surface area contributed by atoms with Gasteiger partial charge >= 0.3 is 5.97 Å². The van der Waals surface area contributed by atoms with E-state index in [0.29, 0.717) is 9.71 Å². The maximum absolute atomic E-state index is 13.7. The Balaban J connectivity index is 1.73. The van der Waals surface area contributed by atoms with Gasteiger partial charge in [0.2, 0.25) is 0 Å². The molecule has 1 N–H and O–H groups in total. The van der Waals surface area contributed by atoms with E-state index in [4.69, 9.17) is 9.84 Å². The fourth-order valence-electron chi connectivity index (χ4n) is 2.92. The third kappa shape index (κ3) is 3.26. The number of aromatic nitrogens is 1. The van der Waals surface area contributed by atoms with Gasteiger partial charge in [0, 0.05) is 12.1 Å². The minimum atomic E-state index is -1.28. The number of nitrogens with zero attached hydrogens (tertiary/aromatic N) is 2. The Hall–Kier alpha value is -3.14. The summed E-state index contributed by atoms with van der Waals surface area (Å²) >= 11 is 1.05. The molecule has 1 aliphatic heterocycles. The van der Waals surface area contributed by atoms with Crippen molar-refractivity contribution >= 4 is 39.1 Å². The maximum Gasteiger partial charge on any atom is 0.307 e. The number of thiazole rings is 1. The molecule has 10 heteroatoms. The summed E-state index contributed by atoms with van der Waals surface area (Å²) in [5, 5.41) is 9.35. The molecular weight excluding hydrogens is 397 g/mol. The molecule has 1 unspecified atom stereocenters. The summed E-state index contributed by atoms with van der Waals surface area (Å²) in [5.74, 6) is -4.40. The van der Waals surface area contributed by atoms with Gasteiger partial charge in [0.25, 0.3) is 5.91 Å². The standard InChI is InChI=1S/C18H11F3N2O4S/c19-8-1-2-13-12(3-8)23(18(26)14(27-13)6-17(24)25)7-16-22-11-4-9(20)10(21)5-15(11)28-16/h1-5,14H,6-7H2,(H,24,25). The summed E-state index contributed by atoms with van der Waals surface area (Å²) in [6, 6.07) is 5.49. The summed E-state index contributed by atoms with van der Waals surface area (Å²) < 4.78 is 46.3. The van der Waals surface area contributed by atoms with Gasteiger partial charge in [-0.05, 0) is 18.2 Å². The Bertz CT molecular complexity index is 1080. The van der Waals surface area contributed by atoms with Crippen molar-refractivity contribution in [3.63, 3.8) is 0 Å². The third-order valence-electron chi connectivity index (χ3n) is 4.15. The Kier molecular flexibility index (Phi) is 4.42. The molecule has 3 aromatic rings. The predicted octanol–water partition coefficient (Wildman–Crippen LogP) is 3.48. The second kappa shape index (κ2) is 6.79. The number of hydrogen-bond acceptors (Lipinski definition) is 5. The Morgan fingerprint density at radius 2 is 1.96 bits per heavy atom. The van der Waals surface area contributed by atoms with Gasteiger partial charge in [0.1, 0.15) is 16.6 Å². The number of halogens is 3. The molecule has 4 rings (SSSR count). The molecule has 2 heterocycles. The maximum atomic E-state index is 13.7. The van der Waals surface area contributed by atoms with Crippen molar-refractivity contribution in [3.05, 3.63) is 52.8 Å². The van der Waals surface area contributed by atoms with Crippen molar-refractivity contribution in [2.24, 2.45) is 0 Å². The predicted molar refractivity (Wildman–Crippen MR) is 93.8 cm³/mol. The van der Waals surface area contributed by atoms with Gasteiger partial charge in [-0.1, -0.05) is 0 Å². The highest BCUT2D eigenvalue weighted by Gasteiger charge is 2.36. The van der Waals surface area contributed by atoms with E-state index in [1.54, 1.807) is 0 Å². The Labute approximate surface area is 159 Å². The average molecular weight is 408 g/mol. The van der Waals surface area contributed by atoms with Crippen LogP contribution in [0.15, 0.2) is 30.3 Å². The van der Waals surface area contributed by atoms with Gasteiger partial charge in [-0.3, -0.25) is 14.5 Å². The van der Waals surface area contributed by atoms with Gasteiger partial charge in [-0.2, -0.15) is 0 Å². The first-order valence-electron chi connectivity index (χ1n) is 8.05. The van der Waals surface area contributed by atoms with E-state index in [0.717, 1.165) is 35.6 Å². The second-order valence-corrected chi connectivity index (χ2v) is 7.20. The van der Waals surface area contributed by atoms with E-state index in [1.165, 1.54) is 11.0 Å². The second-order valence-electron chi connectivity index (χ2n) is 6.08. The molecule has 0 bridgehead atoms. The lowest BCUT2D eigenvalue weighted by molar-refractivity contribution is -0.142. The van der Waals surface area contributed by atoms with E-state index < -0.39 is 41.9 Å². The van der Waals surface area contributed by atoms with Crippen LogP contribution in [0.5, 0.6) is 5.75 Å². The van der Waals surface area contributed by atoms with Gasteiger partial charge in [0.05, 0.1) is 28.9 Å². The van der Waals surface area contributed by atoms with Crippen LogP contribution in [0.2, 0.25) is 0 Å². The molecule has 144 valence electrons. The first-order valence-corrected chi connectivity index (χ1v) is 8.87. The largest absolute Gasteiger partial charge is 0.481 e. The summed E-state index contributed by atoms with van der Waals surface area (Å²) in [7, 11) is 0. The van der Waals surface area contributed by atoms with Crippen molar-refractivity contribution in [2.75, 3.05) is 4.90 Å². The number of rotatable bonds is 4. The number of aliphatic carboxylic acids is 1. The molecule has 0 radical (unpaired) electrons. The number of hydrogen-bond donors (Lipinski definition) is 1. The first-order chi connectivity index (χ1) is 13.3. The number of carbonyl (C=O) groups excluding carboxylic acids is 1. The van der Waals surface area contributed by atoms with Crippen LogP contribution in [-0.2, 0) is 16.1 Å². The van der Waals surface area contributed by atoms with Gasteiger partial charge < -0.3 is 9.84 Å². The summed E-state index contributed by atoms with van der Waals surface area (Å²) in [5.41, 5.74) is 0.351. The number of carbonyl (C=O) groups is 2. The molecule has 1 aromatic heterocycles. The number of fused-ring (bicyclic) bond motifs is 2. The van der Waals surface area contributed by atoms with Crippen LogP contribution < -0.4 is 9.64 Å². The number of carboxylic acid groups (broad SMARTS) is 1. The topological polar surface area (TPSA) is 79.7 Å². The molecule has 0 aliphatic carbocycles. The van der Waals surface area contributed by atoms with Crippen molar-refractivity contribution < 1.29 is 32.6 Å². The summed E-state index contributed by atoms with van der Waals surface area (Å²) in [6.07, 6.45) is -1.85. The minimum Gasteiger partial charge on any atom is -0.481 e. The van der Waals surface area contributed by atoms with Crippen LogP contribution in [0.4, 0.5) is 18.9 Å². The molecule has 1 amide bonds. The highest BCUT2D eigenvalue weighted by atomic mass is 32.1. The molecule has 1 atom stereocenters. The molecule has 28 heavy (non-hydrogen) atoms. The van der Waals surface area contributed by atoms with Crippen molar-refractivity contribution in [3.8, 4) is 5.75 Å². The monoisotopic (exact) mass is 408 g/mol. The van der Waals surface area contributed by atoms with E-state index in [9.17, 15) is 22.8 Å². The van der Waals surface area contributed by atoms with Gasteiger partial charge in [-0.15, -0.1) is 11.3 Å². The number of carboxylic acids is 1. The molecule has 0 saturated carbocycles. The van der Waals surface area contributed by atoms with Gasteiger partial charge in [0.15, 0.2) is 17.7 Å². The normalized spacial score (nSPS) is 16.2. The zero-order chi connectivity index (χ0) is 20.0. The lowest BCUT2D eigenvalue weighted by Gasteiger charge is -2.33. The van der Waals surface area contributed by atoms with E-state index in [2.05, 4.69) is 4.98 Å². The molecular formula is C18H11F3N2O4S. The van der Waals surface area contributed by atoms with Crippen molar-refractivity contribution in [1.82, 2.24) is 4.98 Å². The average Bonchev–Trinajstić information content (AvgIpc) is 3.00. The number of amides is 1. The fourth-order valence-corrected chi connectivity index (χ4v) is 3.89. The van der Waals surface area contributed by atoms with E-state index in [-0.39, 0.29) is 23.5 Å². The summed E-state index contributed by atoms with van der Waals surface area (Å²) in [6.45, 7) is -0.128. The lowest BCUT2D eigenvalue weighted by Crippen LogP contribution is -2.46. The fraction of sp³-hybridized carbons (Fsp3) is 0.167. The molecule has 0 spiro atoms. The minimum absolute atomic E-state index is 0.128.